The first-order chi connectivity index (χ1) is 13.0. The number of aromatic carboxylic acids is 1. The lowest BCUT2D eigenvalue weighted by Crippen LogP contribution is -2.29. The van der Waals surface area contributed by atoms with Crippen LogP contribution in [0.15, 0.2) is 58.1 Å². The van der Waals surface area contributed by atoms with Gasteiger partial charge in [-0.1, -0.05) is 28.1 Å². The van der Waals surface area contributed by atoms with E-state index in [9.17, 15) is 14.7 Å². The Morgan fingerprint density at radius 1 is 1.26 bits per heavy atom. The van der Waals surface area contributed by atoms with Gasteiger partial charge < -0.3 is 10.4 Å². The number of aromatic nitrogens is 3. The van der Waals surface area contributed by atoms with Gasteiger partial charge in [0.1, 0.15) is 5.69 Å². The minimum absolute atomic E-state index is 0.147. The molecule has 27 heavy (non-hydrogen) atoms. The average Bonchev–Trinajstić information content (AvgIpc) is 2.67. The molecule has 0 aliphatic heterocycles. The molecule has 0 spiro atoms. The molecule has 0 bridgehead atoms. The highest BCUT2D eigenvalue weighted by molar-refractivity contribution is 9.10. The van der Waals surface area contributed by atoms with E-state index in [2.05, 4.69) is 31.3 Å². The van der Waals surface area contributed by atoms with E-state index in [1.54, 1.807) is 31.5 Å². The lowest BCUT2D eigenvalue weighted by molar-refractivity contribution is 0.0686. The average molecular weight is 429 g/mol. The molecule has 0 radical (unpaired) electrons. The van der Waals surface area contributed by atoms with Crippen molar-refractivity contribution in [2.45, 2.75) is 19.9 Å². The van der Waals surface area contributed by atoms with Crippen LogP contribution in [0.4, 0.5) is 11.4 Å². The molecule has 0 unspecified atom stereocenters. The number of pyridine rings is 1. The van der Waals surface area contributed by atoms with E-state index < -0.39 is 5.97 Å². The number of benzene rings is 1. The van der Waals surface area contributed by atoms with E-state index in [1.807, 2.05) is 24.3 Å². The SMILES string of the molecule is CCn1nc(C(=O)O)c(Cc2ccc(Br)cc2)c(Nc2cccnc2)c1=O. The molecular weight excluding hydrogens is 412 g/mol. The molecule has 0 saturated heterocycles. The quantitative estimate of drug-likeness (QED) is 0.623. The lowest BCUT2D eigenvalue weighted by atomic mass is 10.0. The minimum atomic E-state index is -1.18. The molecule has 0 saturated carbocycles. The first kappa shape index (κ1) is 18.8. The van der Waals surface area contributed by atoms with Gasteiger partial charge in [-0.2, -0.15) is 5.10 Å². The van der Waals surface area contributed by atoms with Gasteiger partial charge in [0, 0.05) is 29.2 Å². The van der Waals surface area contributed by atoms with Gasteiger partial charge in [-0.3, -0.25) is 9.78 Å². The number of rotatable bonds is 6. The van der Waals surface area contributed by atoms with Crippen molar-refractivity contribution in [3.63, 3.8) is 0 Å². The molecule has 0 atom stereocenters. The van der Waals surface area contributed by atoms with Crippen LogP contribution in [0.3, 0.4) is 0 Å². The van der Waals surface area contributed by atoms with Crippen LogP contribution in [-0.2, 0) is 13.0 Å². The third kappa shape index (κ3) is 4.22. The number of carboxylic acids is 1. The number of carboxylic acid groups (broad SMARTS) is 1. The molecule has 3 aromatic rings. The van der Waals surface area contributed by atoms with Crippen molar-refractivity contribution in [3.8, 4) is 0 Å². The largest absolute Gasteiger partial charge is 0.476 e. The summed E-state index contributed by atoms with van der Waals surface area (Å²) in [6.45, 7) is 2.00. The second-order valence-corrected chi connectivity index (χ2v) is 6.71. The minimum Gasteiger partial charge on any atom is -0.476 e. The van der Waals surface area contributed by atoms with Crippen LogP contribution in [0, 0.1) is 0 Å². The van der Waals surface area contributed by atoms with E-state index in [4.69, 9.17) is 0 Å². The van der Waals surface area contributed by atoms with E-state index in [0.29, 0.717) is 11.3 Å². The zero-order valence-corrected chi connectivity index (χ0v) is 16.1. The van der Waals surface area contributed by atoms with Crippen molar-refractivity contribution < 1.29 is 9.90 Å². The molecule has 138 valence electrons. The number of hydrogen-bond acceptors (Lipinski definition) is 5. The van der Waals surface area contributed by atoms with Gasteiger partial charge in [0.15, 0.2) is 5.69 Å². The van der Waals surface area contributed by atoms with Gasteiger partial charge in [0.2, 0.25) is 0 Å². The first-order valence-electron chi connectivity index (χ1n) is 8.28. The maximum absolute atomic E-state index is 12.9. The predicted octanol–water partition coefficient (Wildman–Crippen LogP) is 3.45. The zero-order chi connectivity index (χ0) is 19.4. The summed E-state index contributed by atoms with van der Waals surface area (Å²) in [6.07, 6.45) is 3.44. The van der Waals surface area contributed by atoms with Crippen molar-refractivity contribution in [2.24, 2.45) is 0 Å². The van der Waals surface area contributed by atoms with Crippen LogP contribution in [0.2, 0.25) is 0 Å². The molecule has 3 rings (SSSR count). The Kier molecular flexibility index (Phi) is 5.66. The van der Waals surface area contributed by atoms with E-state index in [0.717, 1.165) is 14.7 Å². The van der Waals surface area contributed by atoms with Crippen molar-refractivity contribution >= 4 is 33.3 Å². The number of carbonyl (C=O) groups is 1. The Labute approximate surface area is 163 Å². The van der Waals surface area contributed by atoms with Crippen LogP contribution in [0.5, 0.6) is 0 Å². The van der Waals surface area contributed by atoms with Gasteiger partial charge in [-0.15, -0.1) is 0 Å². The maximum Gasteiger partial charge on any atom is 0.356 e. The molecule has 0 aliphatic rings. The first-order valence-corrected chi connectivity index (χ1v) is 9.07. The molecule has 0 aliphatic carbocycles. The summed E-state index contributed by atoms with van der Waals surface area (Å²) in [4.78, 5) is 28.7. The number of anilines is 2. The van der Waals surface area contributed by atoms with E-state index in [-0.39, 0.29) is 29.9 Å². The van der Waals surface area contributed by atoms with Gasteiger partial charge in [-0.05, 0) is 36.8 Å². The maximum atomic E-state index is 12.9. The summed E-state index contributed by atoms with van der Waals surface area (Å²) >= 11 is 3.38. The van der Waals surface area contributed by atoms with Gasteiger partial charge in [-0.25, -0.2) is 9.48 Å². The number of aryl methyl sites for hydroxylation is 1. The molecule has 1 aromatic carbocycles. The van der Waals surface area contributed by atoms with Crippen LogP contribution < -0.4 is 10.9 Å². The number of halogens is 1. The smallest absolute Gasteiger partial charge is 0.356 e. The molecule has 2 aromatic heterocycles. The fraction of sp³-hybridized carbons (Fsp3) is 0.158. The fourth-order valence-corrected chi connectivity index (χ4v) is 2.94. The molecule has 0 amide bonds. The van der Waals surface area contributed by atoms with Crippen LogP contribution >= 0.6 is 15.9 Å². The van der Waals surface area contributed by atoms with Crippen molar-refractivity contribution in [1.29, 1.82) is 0 Å². The summed E-state index contributed by atoms with van der Waals surface area (Å²) < 4.78 is 2.06. The van der Waals surface area contributed by atoms with Crippen LogP contribution in [0.25, 0.3) is 0 Å². The molecular formula is C19H17BrN4O3. The third-order valence-corrected chi connectivity index (χ3v) is 4.51. The summed E-state index contributed by atoms with van der Waals surface area (Å²) in [5, 5.41) is 16.7. The molecule has 2 heterocycles. The summed E-state index contributed by atoms with van der Waals surface area (Å²) in [7, 11) is 0. The van der Waals surface area contributed by atoms with Crippen molar-refractivity contribution in [2.75, 3.05) is 5.32 Å². The summed E-state index contributed by atoms with van der Waals surface area (Å²) in [5.41, 5.74) is 1.47. The molecule has 0 fully saturated rings. The Morgan fingerprint density at radius 3 is 2.59 bits per heavy atom. The van der Waals surface area contributed by atoms with Crippen molar-refractivity contribution in [3.05, 3.63) is 80.4 Å². The Morgan fingerprint density at radius 2 is 2.00 bits per heavy atom. The standard InChI is InChI=1S/C19H17BrN4O3/c1-2-24-18(25)16(22-14-4-3-9-21-11-14)15(17(23-24)19(26)27)10-12-5-7-13(20)8-6-12/h3-9,11,22H,2,10H2,1H3,(H,26,27). The highest BCUT2D eigenvalue weighted by atomic mass is 79.9. The number of nitrogens with one attached hydrogen (secondary N) is 1. The second-order valence-electron chi connectivity index (χ2n) is 5.80. The predicted molar refractivity (Wildman–Crippen MR) is 106 cm³/mol. The summed E-state index contributed by atoms with van der Waals surface area (Å²) in [6, 6.07) is 11.0. The van der Waals surface area contributed by atoms with E-state index in [1.165, 1.54) is 0 Å². The Balaban J connectivity index is 2.17. The normalized spacial score (nSPS) is 10.6. The second kappa shape index (κ2) is 8.13. The Hall–Kier alpha value is -3.00. The fourth-order valence-electron chi connectivity index (χ4n) is 2.68. The molecule has 7 nitrogen and oxygen atoms in total. The third-order valence-electron chi connectivity index (χ3n) is 3.98. The highest BCUT2D eigenvalue weighted by Gasteiger charge is 2.22. The van der Waals surface area contributed by atoms with Gasteiger partial charge >= 0.3 is 5.97 Å². The van der Waals surface area contributed by atoms with Crippen LogP contribution in [-0.4, -0.2) is 25.8 Å². The number of nitrogens with zero attached hydrogens (tertiary/aromatic N) is 3. The molecule has 2 N–H and O–H groups in total. The van der Waals surface area contributed by atoms with Gasteiger partial charge in [0.05, 0.1) is 11.9 Å². The van der Waals surface area contributed by atoms with Gasteiger partial charge in [0.25, 0.3) is 5.56 Å². The van der Waals surface area contributed by atoms with E-state index >= 15 is 0 Å². The Bertz CT molecular complexity index is 1020. The number of hydrogen-bond donors (Lipinski definition) is 2. The zero-order valence-electron chi connectivity index (χ0n) is 14.5. The highest BCUT2D eigenvalue weighted by Crippen LogP contribution is 2.23. The summed E-state index contributed by atoms with van der Waals surface area (Å²) in [5.74, 6) is -1.18. The molecule has 8 heteroatoms. The lowest BCUT2D eigenvalue weighted by Gasteiger charge is -2.16. The van der Waals surface area contributed by atoms with Crippen LogP contribution in [0.1, 0.15) is 28.5 Å². The van der Waals surface area contributed by atoms with Crippen molar-refractivity contribution in [1.82, 2.24) is 14.8 Å². The monoisotopic (exact) mass is 428 g/mol. The topological polar surface area (TPSA) is 97.1 Å².